The number of allylic oxidation sites excluding steroid dienone is 3. The third-order valence-corrected chi connectivity index (χ3v) is 4.78. The number of hydrogen-bond donors (Lipinski definition) is 0. The van der Waals surface area contributed by atoms with Gasteiger partial charge in [-0.15, -0.1) is 0 Å². The van der Waals surface area contributed by atoms with Gasteiger partial charge in [0.1, 0.15) is 11.5 Å². The molecular weight excluding hydrogens is 384 g/mol. The van der Waals surface area contributed by atoms with Crippen LogP contribution < -0.4 is 0 Å². The van der Waals surface area contributed by atoms with Crippen molar-refractivity contribution in [2.75, 3.05) is 6.26 Å². The summed E-state index contributed by atoms with van der Waals surface area (Å²) in [4.78, 5) is 8.34. The molecule has 0 amide bonds. The Hall–Kier alpha value is -2.61. The highest BCUT2D eigenvalue weighted by Crippen LogP contribution is 2.28. The molecule has 8 heteroatoms. The average molecular weight is 410 g/mol. The lowest BCUT2D eigenvalue weighted by molar-refractivity contribution is 0.146. The van der Waals surface area contributed by atoms with Crippen molar-refractivity contribution in [3.63, 3.8) is 0 Å². The number of benzene rings is 1. The van der Waals surface area contributed by atoms with Crippen LogP contribution in [-0.4, -0.2) is 30.4 Å². The van der Waals surface area contributed by atoms with Gasteiger partial charge >= 0.3 is 0 Å². The first kappa shape index (κ1) is 23.4. The minimum absolute atomic E-state index is 0.142. The maximum Gasteiger partial charge on any atom is 0.281 e. The van der Waals surface area contributed by atoms with Crippen molar-refractivity contribution in [2.24, 2.45) is 4.99 Å². The van der Waals surface area contributed by atoms with Crippen molar-refractivity contribution < 1.29 is 17.2 Å². The Bertz CT molecular complexity index is 973. The van der Waals surface area contributed by atoms with E-state index in [4.69, 9.17) is 0 Å². The molecule has 1 heterocycles. The van der Waals surface area contributed by atoms with Crippen LogP contribution in [0.5, 0.6) is 0 Å². The van der Waals surface area contributed by atoms with Gasteiger partial charge < -0.3 is 0 Å². The predicted octanol–water partition coefficient (Wildman–Crippen LogP) is 5.25. The van der Waals surface area contributed by atoms with Crippen LogP contribution in [0, 0.1) is 0 Å². The fourth-order valence-corrected chi connectivity index (χ4v) is 3.04. The normalized spacial score (nSPS) is 12.6. The van der Waals surface area contributed by atoms with Crippen molar-refractivity contribution in [3.05, 3.63) is 60.3 Å². The Kier molecular flexibility index (Phi) is 8.43. The summed E-state index contributed by atoms with van der Waals surface area (Å²) < 4.78 is 51.0. The van der Waals surface area contributed by atoms with Crippen LogP contribution in [0.1, 0.15) is 45.6 Å². The molecule has 28 heavy (non-hydrogen) atoms. The van der Waals surface area contributed by atoms with E-state index in [1.54, 1.807) is 20.1 Å². The van der Waals surface area contributed by atoms with E-state index in [-0.39, 0.29) is 16.4 Å². The summed E-state index contributed by atoms with van der Waals surface area (Å²) >= 11 is 0. The number of imidazole rings is 1. The highest BCUT2D eigenvalue weighted by Gasteiger charge is 2.19. The quantitative estimate of drug-likeness (QED) is 0.484. The molecule has 0 saturated heterocycles. The van der Waals surface area contributed by atoms with Gasteiger partial charge in [0.05, 0.1) is 4.90 Å². The molecule has 0 saturated carbocycles. The average Bonchev–Trinajstić information content (AvgIpc) is 3.09. The van der Waals surface area contributed by atoms with Gasteiger partial charge in [-0.1, -0.05) is 26.5 Å². The second kappa shape index (κ2) is 10.1. The summed E-state index contributed by atoms with van der Waals surface area (Å²) in [5.74, 6) is 0.255. The Labute approximate surface area is 165 Å². The zero-order valence-electron chi connectivity index (χ0n) is 16.6. The molecular formula is C20H25F2N3O2S. The van der Waals surface area contributed by atoms with E-state index in [9.17, 15) is 17.2 Å². The van der Waals surface area contributed by atoms with Crippen molar-refractivity contribution in [1.29, 1.82) is 0 Å². The lowest BCUT2D eigenvalue weighted by Gasteiger charge is -2.10. The van der Waals surface area contributed by atoms with Crippen molar-refractivity contribution in [2.45, 2.75) is 39.0 Å². The van der Waals surface area contributed by atoms with E-state index in [0.29, 0.717) is 17.0 Å². The van der Waals surface area contributed by atoms with E-state index >= 15 is 0 Å². The largest absolute Gasteiger partial charge is 0.299 e. The molecule has 0 radical (unpaired) electrons. The third-order valence-electron chi connectivity index (χ3n) is 3.65. The first-order valence-electron chi connectivity index (χ1n) is 8.69. The Morgan fingerprint density at radius 3 is 2.25 bits per heavy atom. The first-order chi connectivity index (χ1) is 13.2. The summed E-state index contributed by atoms with van der Waals surface area (Å²) in [6.07, 6.45) is 2.67. The van der Waals surface area contributed by atoms with E-state index in [1.807, 2.05) is 13.8 Å². The number of sulfone groups is 1. The monoisotopic (exact) mass is 409 g/mol. The zero-order chi connectivity index (χ0) is 21.5. The molecule has 0 bridgehead atoms. The van der Waals surface area contributed by atoms with Gasteiger partial charge in [-0.3, -0.25) is 9.56 Å². The van der Waals surface area contributed by atoms with Crippen molar-refractivity contribution >= 4 is 21.6 Å². The van der Waals surface area contributed by atoms with Gasteiger partial charge in [0.25, 0.3) is 6.43 Å². The summed E-state index contributed by atoms with van der Waals surface area (Å²) in [6, 6.07) is 5.92. The minimum Gasteiger partial charge on any atom is -0.299 e. The summed E-state index contributed by atoms with van der Waals surface area (Å²) in [7, 11) is -3.35. The first-order valence-corrected chi connectivity index (χ1v) is 10.6. The highest BCUT2D eigenvalue weighted by molar-refractivity contribution is 7.90. The maximum atomic E-state index is 13.2. The summed E-state index contributed by atoms with van der Waals surface area (Å²) in [6.45, 7) is 11.2. The molecule has 0 unspecified atom stereocenters. The Morgan fingerprint density at radius 2 is 1.82 bits per heavy atom. The molecule has 0 fully saturated rings. The lowest BCUT2D eigenvalue weighted by atomic mass is 10.2. The van der Waals surface area contributed by atoms with E-state index in [0.717, 1.165) is 6.26 Å². The minimum atomic E-state index is -3.35. The zero-order valence-corrected chi connectivity index (χ0v) is 17.5. The van der Waals surface area contributed by atoms with Crippen LogP contribution >= 0.6 is 0 Å². The van der Waals surface area contributed by atoms with Gasteiger partial charge in [-0.2, -0.15) is 0 Å². The Morgan fingerprint density at radius 1 is 1.25 bits per heavy atom. The lowest BCUT2D eigenvalue weighted by Crippen LogP contribution is -2.02. The number of halogens is 2. The number of alkyl halides is 2. The fourth-order valence-electron chi connectivity index (χ4n) is 2.41. The number of aromatic nitrogens is 2. The van der Waals surface area contributed by atoms with Gasteiger partial charge in [-0.05, 0) is 38.1 Å². The van der Waals surface area contributed by atoms with Gasteiger partial charge in [0, 0.05) is 35.6 Å². The van der Waals surface area contributed by atoms with Gasteiger partial charge in [-0.25, -0.2) is 22.2 Å². The van der Waals surface area contributed by atoms with Crippen LogP contribution in [0.25, 0.3) is 11.3 Å². The number of nitrogens with zero attached hydrogens (tertiary/aromatic N) is 3. The van der Waals surface area contributed by atoms with E-state index < -0.39 is 16.3 Å². The molecule has 1 aromatic heterocycles. The molecule has 5 nitrogen and oxygen atoms in total. The molecule has 0 N–H and O–H groups in total. The van der Waals surface area contributed by atoms with Gasteiger partial charge in [0.15, 0.2) is 9.84 Å². The Balaban J connectivity index is 0.00000190. The van der Waals surface area contributed by atoms with E-state index in [2.05, 4.69) is 16.6 Å². The fraction of sp³-hybridized carbons (Fsp3) is 0.300. The molecule has 1 aromatic carbocycles. The number of rotatable bonds is 6. The van der Waals surface area contributed by atoms with Crippen LogP contribution in [0.2, 0.25) is 0 Å². The molecule has 0 aliphatic carbocycles. The van der Waals surface area contributed by atoms with Crippen molar-refractivity contribution in [3.8, 4) is 5.69 Å². The number of hydrogen-bond acceptors (Lipinski definition) is 4. The predicted molar refractivity (Wildman–Crippen MR) is 110 cm³/mol. The second-order valence-electron chi connectivity index (χ2n) is 5.52. The molecule has 0 spiro atoms. The SMILES string of the molecule is C=C/C(=C(/C)N=CC)c1nc(C(F)F)cn1-c1ccc(S(C)(=O)=O)cc1.CC. The van der Waals surface area contributed by atoms with Gasteiger partial charge in [0.2, 0.25) is 0 Å². The topological polar surface area (TPSA) is 64.3 Å². The van der Waals surface area contributed by atoms with Crippen LogP contribution in [-0.2, 0) is 9.84 Å². The molecule has 2 rings (SSSR count). The van der Waals surface area contributed by atoms with Crippen LogP contribution in [0.3, 0.4) is 0 Å². The molecule has 152 valence electrons. The summed E-state index contributed by atoms with van der Waals surface area (Å²) in [5, 5.41) is 0. The van der Waals surface area contributed by atoms with Crippen LogP contribution in [0.15, 0.2) is 58.7 Å². The van der Waals surface area contributed by atoms with Crippen molar-refractivity contribution in [1.82, 2.24) is 9.55 Å². The standard InChI is InChI=1S/C18H19F2N3O2S.C2H6/c1-5-15(12(3)21-6-2)18-22-16(17(19)20)11-23(18)13-7-9-14(10-8-13)26(4,24)25;1-2/h5-11,17H,1H2,2-4H3;1-2H3/b15-12+,21-6?;. The molecule has 0 atom stereocenters. The molecule has 0 aliphatic heterocycles. The molecule has 0 aliphatic rings. The smallest absolute Gasteiger partial charge is 0.281 e. The summed E-state index contributed by atoms with van der Waals surface area (Å²) in [5.41, 5.74) is 1.18. The molecule has 2 aromatic rings. The third kappa shape index (κ3) is 5.45. The highest BCUT2D eigenvalue weighted by atomic mass is 32.2. The van der Waals surface area contributed by atoms with E-state index in [1.165, 1.54) is 41.1 Å². The van der Waals surface area contributed by atoms with Crippen LogP contribution in [0.4, 0.5) is 8.78 Å². The maximum absolute atomic E-state index is 13.2. The second-order valence-corrected chi connectivity index (χ2v) is 7.53. The number of aliphatic imine (C=N–C) groups is 1.